The smallest absolute Gasteiger partial charge is 0.220 e. The highest BCUT2D eigenvalue weighted by atomic mass is 16.1. The minimum absolute atomic E-state index is 0.0881. The minimum Gasteiger partial charge on any atom is -0.369 e. The van der Waals surface area contributed by atoms with Crippen LogP contribution in [0.5, 0.6) is 0 Å². The summed E-state index contributed by atoms with van der Waals surface area (Å²) in [6, 6.07) is 0. The van der Waals surface area contributed by atoms with Crippen molar-refractivity contribution in [2.45, 2.75) is 104 Å². The molecular weight excluding hydrogens is 390 g/mol. The van der Waals surface area contributed by atoms with E-state index in [2.05, 4.69) is 61.6 Å². The van der Waals surface area contributed by atoms with Crippen molar-refractivity contribution in [3.63, 3.8) is 0 Å². The molecule has 1 amide bonds. The third-order valence-corrected chi connectivity index (χ3v) is 5.54. The number of hydrogen-bond acceptors (Lipinski definition) is 1. The van der Waals surface area contributed by atoms with E-state index in [9.17, 15) is 4.79 Å². The first-order chi connectivity index (χ1) is 15.7. The van der Waals surface area contributed by atoms with E-state index < -0.39 is 0 Å². The topological polar surface area (TPSA) is 43.1 Å². The van der Waals surface area contributed by atoms with Crippen LogP contribution in [0.2, 0.25) is 0 Å². The SMILES string of the molecule is CCC=CC=CC=CC=CC=CCC=CCCCCCCCCCCCC(CC)C(N)=O. The van der Waals surface area contributed by atoms with E-state index in [1.165, 1.54) is 57.8 Å². The van der Waals surface area contributed by atoms with Crippen LogP contribution in [0.1, 0.15) is 104 Å². The van der Waals surface area contributed by atoms with Gasteiger partial charge in [-0.05, 0) is 38.5 Å². The average molecular weight is 440 g/mol. The molecule has 0 spiro atoms. The van der Waals surface area contributed by atoms with E-state index in [1.807, 2.05) is 25.2 Å². The van der Waals surface area contributed by atoms with Crippen LogP contribution in [0.3, 0.4) is 0 Å². The van der Waals surface area contributed by atoms with Crippen LogP contribution < -0.4 is 5.73 Å². The maximum Gasteiger partial charge on any atom is 0.220 e. The Balaban J connectivity index is 3.43. The summed E-state index contributed by atoms with van der Waals surface area (Å²) in [6.07, 6.45) is 42.3. The molecule has 0 aromatic carbocycles. The van der Waals surface area contributed by atoms with Crippen molar-refractivity contribution in [3.05, 3.63) is 72.9 Å². The van der Waals surface area contributed by atoms with Crippen LogP contribution in [0, 0.1) is 5.92 Å². The van der Waals surface area contributed by atoms with Crippen LogP contribution in [-0.4, -0.2) is 5.91 Å². The Bertz CT molecular complexity index is 592. The summed E-state index contributed by atoms with van der Waals surface area (Å²) in [4.78, 5) is 11.2. The molecule has 180 valence electrons. The van der Waals surface area contributed by atoms with E-state index in [0.717, 1.165) is 32.1 Å². The highest BCUT2D eigenvalue weighted by molar-refractivity contribution is 5.76. The highest BCUT2D eigenvalue weighted by Crippen LogP contribution is 2.15. The molecular formula is C30H49NO. The number of nitrogens with two attached hydrogens (primary N) is 1. The molecule has 0 aromatic heterocycles. The third-order valence-electron chi connectivity index (χ3n) is 5.54. The standard InChI is InChI=1S/C30H49NO/c1-3-5-6-7-8-9-10-11-12-13-14-15-16-17-18-19-20-21-22-23-24-25-26-27-28-29(4-2)30(31)32/h5-14,16-17,29H,3-4,15,18-28H2,1-2H3,(H2,31,32). The number of carbonyl (C=O) groups is 1. The van der Waals surface area contributed by atoms with Gasteiger partial charge in [0, 0.05) is 5.92 Å². The van der Waals surface area contributed by atoms with Crippen LogP contribution in [0.15, 0.2) is 72.9 Å². The van der Waals surface area contributed by atoms with Crippen molar-refractivity contribution in [3.8, 4) is 0 Å². The van der Waals surface area contributed by atoms with Crippen LogP contribution in [-0.2, 0) is 4.79 Å². The highest BCUT2D eigenvalue weighted by Gasteiger charge is 2.11. The van der Waals surface area contributed by atoms with E-state index in [4.69, 9.17) is 5.73 Å². The third kappa shape index (κ3) is 22.6. The number of amides is 1. The second kappa shape index (κ2) is 25.2. The van der Waals surface area contributed by atoms with Crippen molar-refractivity contribution in [2.24, 2.45) is 11.7 Å². The molecule has 0 aliphatic rings. The predicted octanol–water partition coefficient (Wildman–Crippen LogP) is 8.93. The van der Waals surface area contributed by atoms with Gasteiger partial charge in [0.05, 0.1) is 0 Å². The first-order valence-electron chi connectivity index (χ1n) is 13.0. The Labute approximate surface area is 199 Å². The normalized spacial score (nSPS) is 13.8. The van der Waals surface area contributed by atoms with Gasteiger partial charge in [0.1, 0.15) is 0 Å². The summed E-state index contributed by atoms with van der Waals surface area (Å²) in [6.45, 7) is 4.18. The lowest BCUT2D eigenvalue weighted by atomic mass is 9.97. The minimum atomic E-state index is -0.126. The lowest BCUT2D eigenvalue weighted by Gasteiger charge is -2.09. The maximum absolute atomic E-state index is 11.2. The molecule has 0 bridgehead atoms. The van der Waals surface area contributed by atoms with Crippen molar-refractivity contribution in [2.75, 3.05) is 0 Å². The fourth-order valence-corrected chi connectivity index (χ4v) is 3.49. The second-order valence-corrected chi connectivity index (χ2v) is 8.39. The van der Waals surface area contributed by atoms with Gasteiger partial charge in [-0.1, -0.05) is 138 Å². The number of allylic oxidation sites excluding steroid dienone is 12. The van der Waals surface area contributed by atoms with Gasteiger partial charge in [-0.15, -0.1) is 0 Å². The molecule has 0 fully saturated rings. The summed E-state index contributed by atoms with van der Waals surface area (Å²) in [5.41, 5.74) is 5.39. The van der Waals surface area contributed by atoms with Gasteiger partial charge in [-0.2, -0.15) is 0 Å². The molecule has 32 heavy (non-hydrogen) atoms. The zero-order chi connectivity index (χ0) is 23.5. The van der Waals surface area contributed by atoms with Gasteiger partial charge >= 0.3 is 0 Å². The summed E-state index contributed by atoms with van der Waals surface area (Å²) < 4.78 is 0. The molecule has 0 rings (SSSR count). The quantitative estimate of drug-likeness (QED) is 0.108. The average Bonchev–Trinajstić information content (AvgIpc) is 2.79. The Morgan fingerprint density at radius 3 is 1.66 bits per heavy atom. The number of hydrogen-bond donors (Lipinski definition) is 1. The van der Waals surface area contributed by atoms with Crippen molar-refractivity contribution in [1.82, 2.24) is 0 Å². The van der Waals surface area contributed by atoms with E-state index >= 15 is 0 Å². The summed E-state index contributed by atoms with van der Waals surface area (Å²) in [5, 5.41) is 0. The molecule has 2 nitrogen and oxygen atoms in total. The van der Waals surface area contributed by atoms with E-state index in [-0.39, 0.29) is 11.8 Å². The predicted molar refractivity (Wildman–Crippen MR) is 144 cm³/mol. The first kappa shape index (κ1) is 29.9. The Kier molecular flexibility index (Phi) is 23.5. The number of carbonyl (C=O) groups excluding carboxylic acids is 1. The fraction of sp³-hybridized carbons (Fsp3) is 0.567. The number of rotatable bonds is 21. The van der Waals surface area contributed by atoms with Gasteiger partial charge in [0.25, 0.3) is 0 Å². The van der Waals surface area contributed by atoms with Crippen LogP contribution in [0.4, 0.5) is 0 Å². The molecule has 0 saturated heterocycles. The van der Waals surface area contributed by atoms with E-state index in [0.29, 0.717) is 0 Å². The Morgan fingerprint density at radius 1 is 0.625 bits per heavy atom. The van der Waals surface area contributed by atoms with Crippen molar-refractivity contribution >= 4 is 5.91 Å². The van der Waals surface area contributed by atoms with Crippen molar-refractivity contribution < 1.29 is 4.79 Å². The molecule has 1 atom stereocenters. The second-order valence-electron chi connectivity index (χ2n) is 8.39. The van der Waals surface area contributed by atoms with Gasteiger partial charge < -0.3 is 5.73 Å². The van der Waals surface area contributed by atoms with Crippen LogP contribution in [0.25, 0.3) is 0 Å². The largest absolute Gasteiger partial charge is 0.369 e. The molecule has 0 aliphatic carbocycles. The van der Waals surface area contributed by atoms with E-state index in [1.54, 1.807) is 0 Å². The lowest BCUT2D eigenvalue weighted by molar-refractivity contribution is -0.122. The Morgan fingerprint density at radius 2 is 1.12 bits per heavy atom. The molecule has 0 saturated carbocycles. The fourth-order valence-electron chi connectivity index (χ4n) is 3.49. The molecule has 0 aromatic rings. The lowest BCUT2D eigenvalue weighted by Crippen LogP contribution is -2.22. The first-order valence-corrected chi connectivity index (χ1v) is 13.0. The van der Waals surface area contributed by atoms with Gasteiger partial charge in [-0.3, -0.25) is 4.79 Å². The van der Waals surface area contributed by atoms with Gasteiger partial charge in [-0.25, -0.2) is 0 Å². The van der Waals surface area contributed by atoms with Crippen molar-refractivity contribution in [1.29, 1.82) is 0 Å². The maximum atomic E-state index is 11.2. The zero-order valence-electron chi connectivity index (χ0n) is 20.9. The summed E-state index contributed by atoms with van der Waals surface area (Å²) in [5.74, 6) is -0.0378. The number of unbranched alkanes of at least 4 members (excludes halogenated alkanes) is 9. The summed E-state index contributed by atoms with van der Waals surface area (Å²) in [7, 11) is 0. The van der Waals surface area contributed by atoms with Crippen LogP contribution >= 0.6 is 0 Å². The molecule has 2 heteroatoms. The summed E-state index contributed by atoms with van der Waals surface area (Å²) >= 11 is 0. The molecule has 0 aliphatic heterocycles. The zero-order valence-corrected chi connectivity index (χ0v) is 20.9. The monoisotopic (exact) mass is 439 g/mol. The Hall–Kier alpha value is -2.09. The van der Waals surface area contributed by atoms with Gasteiger partial charge in [0.2, 0.25) is 5.91 Å². The molecule has 1 unspecified atom stereocenters. The number of primary amides is 1. The molecule has 0 radical (unpaired) electrons. The molecule has 0 heterocycles. The molecule has 2 N–H and O–H groups in total. The van der Waals surface area contributed by atoms with Gasteiger partial charge in [0.15, 0.2) is 0 Å².